The van der Waals surface area contributed by atoms with Gasteiger partial charge in [0.25, 0.3) is 11.8 Å². The Bertz CT molecular complexity index is 1200. The van der Waals surface area contributed by atoms with Gasteiger partial charge >= 0.3 is 0 Å². The highest BCUT2D eigenvalue weighted by atomic mass is 16.5. The molecule has 0 bridgehead atoms. The lowest BCUT2D eigenvalue weighted by Gasteiger charge is -2.09. The van der Waals surface area contributed by atoms with Crippen molar-refractivity contribution in [3.63, 3.8) is 0 Å². The average molecular weight is 456 g/mol. The summed E-state index contributed by atoms with van der Waals surface area (Å²) in [4.78, 5) is 25.4. The van der Waals surface area contributed by atoms with Crippen LogP contribution >= 0.6 is 0 Å². The molecule has 7 nitrogen and oxygen atoms in total. The molecular formula is C27H25N3O4. The quantitative estimate of drug-likeness (QED) is 0.219. The van der Waals surface area contributed by atoms with Crippen LogP contribution in [0.2, 0.25) is 0 Å². The number of benzene rings is 3. The van der Waals surface area contributed by atoms with Crippen LogP contribution in [0.4, 0.5) is 0 Å². The first-order chi connectivity index (χ1) is 16.6. The van der Waals surface area contributed by atoms with Crippen molar-refractivity contribution in [2.75, 3.05) is 14.2 Å². The molecule has 0 aliphatic carbocycles. The number of carbonyl (C=O) groups excluding carboxylic acids is 2. The van der Waals surface area contributed by atoms with E-state index in [2.05, 4.69) is 15.8 Å². The third-order valence-corrected chi connectivity index (χ3v) is 4.69. The summed E-state index contributed by atoms with van der Waals surface area (Å²) in [5.41, 5.74) is 4.52. The lowest BCUT2D eigenvalue weighted by atomic mass is 10.2. The van der Waals surface area contributed by atoms with E-state index in [0.717, 1.165) is 5.56 Å². The minimum Gasteiger partial charge on any atom is -0.497 e. The Morgan fingerprint density at radius 3 is 2.26 bits per heavy atom. The molecular weight excluding hydrogens is 430 g/mol. The number of hydrazone groups is 1. The highest BCUT2D eigenvalue weighted by Gasteiger charge is 2.13. The Balaban J connectivity index is 1.77. The Kier molecular flexibility index (Phi) is 8.76. The molecule has 0 unspecified atom stereocenters. The summed E-state index contributed by atoms with van der Waals surface area (Å²) >= 11 is 0. The number of amides is 2. The fourth-order valence-corrected chi connectivity index (χ4v) is 2.92. The van der Waals surface area contributed by atoms with E-state index in [1.54, 1.807) is 55.7 Å². The van der Waals surface area contributed by atoms with Crippen LogP contribution in [-0.2, 0) is 4.79 Å². The summed E-state index contributed by atoms with van der Waals surface area (Å²) in [7, 11) is 3.09. The first-order valence-corrected chi connectivity index (χ1v) is 10.5. The van der Waals surface area contributed by atoms with Crippen molar-refractivity contribution < 1.29 is 19.1 Å². The lowest BCUT2D eigenvalue weighted by Crippen LogP contribution is -2.32. The number of carbonyl (C=O) groups is 2. The van der Waals surface area contributed by atoms with E-state index in [9.17, 15) is 9.59 Å². The van der Waals surface area contributed by atoms with Gasteiger partial charge in [-0.2, -0.15) is 5.10 Å². The van der Waals surface area contributed by atoms with Crippen LogP contribution in [-0.4, -0.2) is 32.2 Å². The normalized spacial score (nSPS) is 11.4. The molecule has 3 aromatic carbocycles. The molecule has 0 aliphatic heterocycles. The number of methoxy groups -OCH3 is 2. The van der Waals surface area contributed by atoms with Gasteiger partial charge in [0.1, 0.15) is 17.2 Å². The molecule has 0 radical (unpaired) electrons. The zero-order chi connectivity index (χ0) is 24.2. The molecule has 0 saturated carbocycles. The van der Waals surface area contributed by atoms with Gasteiger partial charge in [-0.05, 0) is 35.9 Å². The second-order valence-corrected chi connectivity index (χ2v) is 6.98. The smallest absolute Gasteiger partial charge is 0.287 e. The van der Waals surface area contributed by atoms with E-state index < -0.39 is 11.8 Å². The molecule has 0 aliphatic rings. The van der Waals surface area contributed by atoms with E-state index in [1.807, 2.05) is 42.5 Å². The van der Waals surface area contributed by atoms with E-state index in [4.69, 9.17) is 9.47 Å². The maximum atomic E-state index is 12.8. The van der Waals surface area contributed by atoms with Gasteiger partial charge in [-0.25, -0.2) is 5.43 Å². The van der Waals surface area contributed by atoms with Gasteiger partial charge < -0.3 is 14.8 Å². The van der Waals surface area contributed by atoms with E-state index in [0.29, 0.717) is 22.6 Å². The summed E-state index contributed by atoms with van der Waals surface area (Å²) in [6, 6.07) is 23.5. The summed E-state index contributed by atoms with van der Waals surface area (Å²) in [6.07, 6.45) is 6.48. The molecule has 34 heavy (non-hydrogen) atoms. The van der Waals surface area contributed by atoms with Gasteiger partial charge in [0.15, 0.2) is 0 Å². The van der Waals surface area contributed by atoms with Crippen LogP contribution in [0.15, 0.2) is 102 Å². The molecule has 0 atom stereocenters. The van der Waals surface area contributed by atoms with Crippen molar-refractivity contribution >= 4 is 24.1 Å². The number of hydrogen-bond acceptors (Lipinski definition) is 5. The zero-order valence-corrected chi connectivity index (χ0v) is 18.9. The SMILES string of the molecule is COc1ccc(/C=N\NC(=O)/C(=C/C=C/c2ccccc2)NC(=O)c2ccccc2)c(OC)c1. The molecule has 0 spiro atoms. The fourth-order valence-electron chi connectivity index (χ4n) is 2.92. The molecule has 172 valence electrons. The average Bonchev–Trinajstić information content (AvgIpc) is 2.89. The minimum absolute atomic E-state index is 0.0416. The van der Waals surface area contributed by atoms with Crippen LogP contribution < -0.4 is 20.2 Å². The number of rotatable bonds is 9. The van der Waals surface area contributed by atoms with Crippen molar-refractivity contribution in [3.8, 4) is 11.5 Å². The zero-order valence-electron chi connectivity index (χ0n) is 18.9. The number of nitrogens with one attached hydrogen (secondary N) is 2. The van der Waals surface area contributed by atoms with Crippen molar-refractivity contribution in [3.05, 3.63) is 113 Å². The monoisotopic (exact) mass is 455 g/mol. The van der Waals surface area contributed by atoms with E-state index in [1.165, 1.54) is 19.4 Å². The minimum atomic E-state index is -0.578. The van der Waals surface area contributed by atoms with Crippen LogP contribution in [0.25, 0.3) is 6.08 Å². The van der Waals surface area contributed by atoms with Crippen molar-refractivity contribution in [1.82, 2.24) is 10.7 Å². The predicted octanol–water partition coefficient (Wildman–Crippen LogP) is 4.18. The summed E-state index contributed by atoms with van der Waals surface area (Å²) in [5.74, 6) is 0.190. The maximum Gasteiger partial charge on any atom is 0.287 e. The Labute approximate surface area is 198 Å². The largest absolute Gasteiger partial charge is 0.497 e. The molecule has 2 N–H and O–H groups in total. The Hall–Kier alpha value is -4.65. The van der Waals surface area contributed by atoms with Crippen LogP contribution in [0.1, 0.15) is 21.5 Å². The summed E-state index contributed by atoms with van der Waals surface area (Å²) in [6.45, 7) is 0. The number of allylic oxidation sites excluding steroid dienone is 2. The molecule has 0 fully saturated rings. The number of ether oxygens (including phenoxy) is 2. The maximum absolute atomic E-state index is 12.8. The van der Waals surface area contributed by atoms with Crippen LogP contribution in [0.3, 0.4) is 0 Å². The topological polar surface area (TPSA) is 89.0 Å². The Morgan fingerprint density at radius 2 is 1.59 bits per heavy atom. The van der Waals surface area contributed by atoms with Gasteiger partial charge in [0.2, 0.25) is 0 Å². The number of nitrogens with zero attached hydrogens (tertiary/aromatic N) is 1. The third kappa shape index (κ3) is 6.93. The van der Waals surface area contributed by atoms with Gasteiger partial charge in [0.05, 0.1) is 20.4 Å². The van der Waals surface area contributed by atoms with Gasteiger partial charge in [-0.3, -0.25) is 9.59 Å². The lowest BCUT2D eigenvalue weighted by molar-refractivity contribution is -0.117. The fraction of sp³-hybridized carbons (Fsp3) is 0.0741. The molecule has 0 heterocycles. The van der Waals surface area contributed by atoms with Crippen LogP contribution in [0.5, 0.6) is 11.5 Å². The molecule has 7 heteroatoms. The van der Waals surface area contributed by atoms with Crippen molar-refractivity contribution in [2.45, 2.75) is 0 Å². The van der Waals surface area contributed by atoms with Crippen molar-refractivity contribution in [2.24, 2.45) is 5.10 Å². The second kappa shape index (κ2) is 12.4. The second-order valence-electron chi connectivity index (χ2n) is 6.98. The standard InChI is InChI=1S/C27H25N3O4/c1-33-23-17-16-22(25(18-23)34-2)19-28-30-27(32)24(15-9-12-20-10-5-3-6-11-20)29-26(31)21-13-7-4-8-14-21/h3-19H,1-2H3,(H,29,31)(H,30,32)/b12-9+,24-15-,28-19-. The molecule has 0 aromatic heterocycles. The highest BCUT2D eigenvalue weighted by molar-refractivity contribution is 6.03. The Morgan fingerprint density at radius 1 is 0.882 bits per heavy atom. The van der Waals surface area contributed by atoms with Gasteiger partial charge in [-0.15, -0.1) is 0 Å². The first kappa shape index (κ1) is 24.0. The van der Waals surface area contributed by atoms with E-state index in [-0.39, 0.29) is 5.70 Å². The van der Waals surface area contributed by atoms with Crippen LogP contribution in [0, 0.1) is 0 Å². The van der Waals surface area contributed by atoms with Gasteiger partial charge in [0, 0.05) is 17.2 Å². The predicted molar refractivity (Wildman–Crippen MR) is 133 cm³/mol. The van der Waals surface area contributed by atoms with Gasteiger partial charge in [-0.1, -0.05) is 60.7 Å². The summed E-state index contributed by atoms with van der Waals surface area (Å²) in [5, 5.41) is 6.66. The third-order valence-electron chi connectivity index (χ3n) is 4.69. The van der Waals surface area contributed by atoms with Crippen molar-refractivity contribution in [1.29, 1.82) is 0 Å². The number of hydrogen-bond donors (Lipinski definition) is 2. The molecule has 3 rings (SSSR count). The first-order valence-electron chi connectivity index (χ1n) is 10.5. The highest BCUT2D eigenvalue weighted by Crippen LogP contribution is 2.23. The molecule has 3 aromatic rings. The summed E-state index contributed by atoms with van der Waals surface area (Å²) < 4.78 is 10.5. The molecule has 2 amide bonds. The molecule has 0 saturated heterocycles. The van der Waals surface area contributed by atoms with E-state index >= 15 is 0 Å².